The first-order valence-corrected chi connectivity index (χ1v) is 8.59. The predicted octanol–water partition coefficient (Wildman–Crippen LogP) is 4.37. The zero-order valence-electron chi connectivity index (χ0n) is 13.9. The molecule has 4 heteroatoms. The van der Waals surface area contributed by atoms with Crippen LogP contribution in [0.2, 0.25) is 5.02 Å². The van der Waals surface area contributed by atoms with Crippen molar-refractivity contribution in [2.45, 2.75) is 32.7 Å². The standard InChI is InChI=1S/C20H20ClNO2/c1-3-22-19(15-9-4-5-10-16(15)20(22)24)17(23)12-11-14-8-6-7-13(2)18(14)21/h4-10,19H,3,11-12H2,1-2H3. The van der Waals surface area contributed by atoms with E-state index in [1.807, 2.05) is 50.2 Å². The summed E-state index contributed by atoms with van der Waals surface area (Å²) >= 11 is 6.32. The summed E-state index contributed by atoms with van der Waals surface area (Å²) in [5.41, 5.74) is 3.46. The molecule has 0 N–H and O–H groups in total. The third-order valence-corrected chi connectivity index (χ3v) is 5.16. The molecule has 1 atom stereocenters. The van der Waals surface area contributed by atoms with Gasteiger partial charge in [0.25, 0.3) is 5.91 Å². The molecule has 2 aromatic rings. The molecule has 1 heterocycles. The maximum atomic E-state index is 12.9. The molecule has 0 bridgehead atoms. The van der Waals surface area contributed by atoms with Crippen LogP contribution in [0.3, 0.4) is 0 Å². The van der Waals surface area contributed by atoms with Gasteiger partial charge in [-0.1, -0.05) is 48.0 Å². The highest BCUT2D eigenvalue weighted by Gasteiger charge is 2.39. The number of rotatable bonds is 5. The van der Waals surface area contributed by atoms with E-state index in [2.05, 4.69) is 0 Å². The van der Waals surface area contributed by atoms with Crippen molar-refractivity contribution in [1.82, 2.24) is 4.90 Å². The molecule has 0 radical (unpaired) electrons. The third-order valence-electron chi connectivity index (χ3n) is 4.62. The van der Waals surface area contributed by atoms with Crippen molar-refractivity contribution < 1.29 is 9.59 Å². The van der Waals surface area contributed by atoms with Crippen LogP contribution < -0.4 is 0 Å². The number of amides is 1. The summed E-state index contributed by atoms with van der Waals surface area (Å²) in [6, 6.07) is 12.8. The highest BCUT2D eigenvalue weighted by atomic mass is 35.5. The molecule has 1 unspecified atom stereocenters. The minimum Gasteiger partial charge on any atom is -0.325 e. The van der Waals surface area contributed by atoms with Crippen molar-refractivity contribution in [2.24, 2.45) is 0 Å². The second kappa shape index (κ2) is 6.78. The molecule has 124 valence electrons. The number of benzene rings is 2. The summed E-state index contributed by atoms with van der Waals surface area (Å²) in [6.07, 6.45) is 0.954. The van der Waals surface area contributed by atoms with Crippen molar-refractivity contribution in [3.8, 4) is 0 Å². The van der Waals surface area contributed by atoms with Crippen molar-refractivity contribution in [3.63, 3.8) is 0 Å². The fourth-order valence-corrected chi connectivity index (χ4v) is 3.56. The Hall–Kier alpha value is -2.13. The number of halogens is 1. The van der Waals surface area contributed by atoms with Gasteiger partial charge in [-0.05, 0) is 43.0 Å². The minimum atomic E-state index is -0.470. The summed E-state index contributed by atoms with van der Waals surface area (Å²) in [4.78, 5) is 27.0. The summed E-state index contributed by atoms with van der Waals surface area (Å²) in [7, 11) is 0. The Labute approximate surface area is 147 Å². The molecule has 0 saturated heterocycles. The molecule has 3 nitrogen and oxygen atoms in total. The highest BCUT2D eigenvalue weighted by molar-refractivity contribution is 6.32. The van der Waals surface area contributed by atoms with E-state index in [-0.39, 0.29) is 11.7 Å². The number of carbonyl (C=O) groups is 2. The molecule has 1 aliphatic rings. The van der Waals surface area contributed by atoms with Gasteiger partial charge >= 0.3 is 0 Å². The van der Waals surface area contributed by atoms with E-state index in [1.165, 1.54) is 0 Å². The Bertz CT molecular complexity index is 800. The largest absolute Gasteiger partial charge is 0.325 e. The van der Waals surface area contributed by atoms with E-state index in [1.54, 1.807) is 11.0 Å². The molecule has 3 rings (SSSR count). The molecule has 0 aromatic heterocycles. The summed E-state index contributed by atoms with van der Waals surface area (Å²) < 4.78 is 0. The molecule has 24 heavy (non-hydrogen) atoms. The van der Waals surface area contributed by atoms with E-state index in [0.29, 0.717) is 24.9 Å². The van der Waals surface area contributed by atoms with Gasteiger partial charge in [0.2, 0.25) is 0 Å². The van der Waals surface area contributed by atoms with E-state index in [9.17, 15) is 9.59 Å². The highest BCUT2D eigenvalue weighted by Crippen LogP contribution is 2.35. The molecule has 0 fully saturated rings. The van der Waals surface area contributed by atoms with Crippen molar-refractivity contribution in [1.29, 1.82) is 0 Å². The van der Waals surface area contributed by atoms with E-state index in [0.717, 1.165) is 21.7 Å². The Morgan fingerprint density at radius 3 is 2.67 bits per heavy atom. The minimum absolute atomic E-state index is 0.0555. The Morgan fingerprint density at radius 2 is 1.92 bits per heavy atom. The normalized spacial score (nSPS) is 16.4. The van der Waals surface area contributed by atoms with Crippen LogP contribution in [0.25, 0.3) is 0 Å². The van der Waals surface area contributed by atoms with Crippen LogP contribution in [0, 0.1) is 6.92 Å². The van der Waals surface area contributed by atoms with Gasteiger partial charge in [-0.25, -0.2) is 0 Å². The number of Topliss-reactive ketones (excluding diaryl/α,β-unsaturated/α-hetero) is 1. The summed E-state index contributed by atoms with van der Waals surface area (Å²) in [5.74, 6) is 0.00719. The molecule has 0 saturated carbocycles. The number of hydrogen-bond donors (Lipinski definition) is 0. The lowest BCUT2D eigenvalue weighted by atomic mass is 9.96. The van der Waals surface area contributed by atoms with E-state index < -0.39 is 6.04 Å². The zero-order chi connectivity index (χ0) is 17.3. The first-order chi connectivity index (χ1) is 11.5. The van der Waals surface area contributed by atoms with Crippen LogP contribution >= 0.6 is 11.6 Å². The van der Waals surface area contributed by atoms with Crippen LogP contribution in [0.1, 0.15) is 46.4 Å². The second-order valence-electron chi connectivity index (χ2n) is 6.10. The average Bonchev–Trinajstić information content (AvgIpc) is 2.88. The van der Waals surface area contributed by atoms with Gasteiger partial charge in [0.05, 0.1) is 0 Å². The summed E-state index contributed by atoms with van der Waals surface area (Å²) in [6.45, 7) is 4.38. The van der Waals surface area contributed by atoms with Crippen LogP contribution in [0.15, 0.2) is 42.5 Å². The lowest BCUT2D eigenvalue weighted by Gasteiger charge is -2.22. The number of ketones is 1. The predicted molar refractivity (Wildman–Crippen MR) is 95.4 cm³/mol. The Morgan fingerprint density at radius 1 is 1.17 bits per heavy atom. The van der Waals surface area contributed by atoms with Gasteiger partial charge in [-0.2, -0.15) is 0 Å². The molecular weight excluding hydrogens is 322 g/mol. The lowest BCUT2D eigenvalue weighted by molar-refractivity contribution is -0.123. The number of aryl methyl sites for hydroxylation is 2. The van der Waals surface area contributed by atoms with Gasteiger partial charge in [-0.3, -0.25) is 9.59 Å². The molecule has 1 amide bonds. The van der Waals surface area contributed by atoms with Gasteiger partial charge in [0.1, 0.15) is 6.04 Å². The quantitative estimate of drug-likeness (QED) is 0.810. The number of carbonyl (C=O) groups excluding carboxylic acids is 2. The van der Waals surface area contributed by atoms with Gasteiger partial charge in [0, 0.05) is 23.6 Å². The van der Waals surface area contributed by atoms with Gasteiger partial charge < -0.3 is 4.90 Å². The van der Waals surface area contributed by atoms with E-state index in [4.69, 9.17) is 11.6 Å². The molecular formula is C20H20ClNO2. The van der Waals surface area contributed by atoms with Crippen molar-refractivity contribution in [3.05, 3.63) is 69.7 Å². The van der Waals surface area contributed by atoms with E-state index >= 15 is 0 Å². The molecule has 2 aromatic carbocycles. The van der Waals surface area contributed by atoms with Crippen molar-refractivity contribution >= 4 is 23.3 Å². The fourth-order valence-electron chi connectivity index (χ4n) is 3.34. The monoisotopic (exact) mass is 341 g/mol. The van der Waals surface area contributed by atoms with Crippen LogP contribution in [-0.2, 0) is 11.2 Å². The van der Waals surface area contributed by atoms with Crippen LogP contribution in [0.4, 0.5) is 0 Å². The first kappa shape index (κ1) is 16.7. The average molecular weight is 342 g/mol. The number of fused-ring (bicyclic) bond motifs is 1. The Kier molecular flexibility index (Phi) is 4.72. The first-order valence-electron chi connectivity index (χ1n) is 8.21. The SMILES string of the molecule is CCN1C(=O)c2ccccc2C1C(=O)CCc1cccc(C)c1Cl. The number of likely N-dealkylation sites (N-methyl/N-ethyl adjacent to an activating group) is 1. The lowest BCUT2D eigenvalue weighted by Crippen LogP contribution is -2.32. The van der Waals surface area contributed by atoms with Gasteiger partial charge in [-0.15, -0.1) is 0 Å². The third kappa shape index (κ3) is 2.84. The Balaban J connectivity index is 1.82. The fraction of sp³-hybridized carbons (Fsp3) is 0.300. The molecule has 0 spiro atoms. The number of hydrogen-bond acceptors (Lipinski definition) is 2. The maximum absolute atomic E-state index is 12.9. The van der Waals surface area contributed by atoms with Crippen LogP contribution in [-0.4, -0.2) is 23.1 Å². The van der Waals surface area contributed by atoms with Gasteiger partial charge in [0.15, 0.2) is 5.78 Å². The number of nitrogens with zero attached hydrogens (tertiary/aromatic N) is 1. The maximum Gasteiger partial charge on any atom is 0.255 e. The molecule has 0 aliphatic carbocycles. The van der Waals surface area contributed by atoms with Crippen LogP contribution in [0.5, 0.6) is 0 Å². The van der Waals surface area contributed by atoms with Crippen molar-refractivity contribution in [2.75, 3.05) is 6.54 Å². The summed E-state index contributed by atoms with van der Waals surface area (Å²) in [5, 5.41) is 0.723. The topological polar surface area (TPSA) is 37.4 Å². The molecule has 1 aliphatic heterocycles. The smallest absolute Gasteiger partial charge is 0.255 e. The second-order valence-corrected chi connectivity index (χ2v) is 6.47. The zero-order valence-corrected chi connectivity index (χ0v) is 14.6.